The highest BCUT2D eigenvalue weighted by molar-refractivity contribution is 5.14. The Hall–Kier alpha value is -0.300. The largest absolute Gasteiger partial charge is 0.386 e. The van der Waals surface area contributed by atoms with E-state index in [-0.39, 0.29) is 0 Å². The van der Waals surface area contributed by atoms with E-state index >= 15 is 0 Å². The Morgan fingerprint density at radius 2 is 1.95 bits per heavy atom. The third-order valence-corrected chi connectivity index (χ3v) is 6.56. The van der Waals surface area contributed by atoms with E-state index in [9.17, 15) is 5.11 Å². The van der Waals surface area contributed by atoms with Crippen molar-refractivity contribution in [3.63, 3.8) is 0 Å². The molecule has 0 heterocycles. The summed E-state index contributed by atoms with van der Waals surface area (Å²) in [7, 11) is 0. The molecular formula is C19H34O. The Bertz CT molecular complexity index is 368. The van der Waals surface area contributed by atoms with E-state index in [4.69, 9.17) is 0 Å². The number of fused-ring (bicyclic) bond motifs is 1. The van der Waals surface area contributed by atoms with Gasteiger partial charge in [-0.3, -0.25) is 0 Å². The van der Waals surface area contributed by atoms with Gasteiger partial charge in [-0.25, -0.2) is 0 Å². The third kappa shape index (κ3) is 2.58. The summed E-state index contributed by atoms with van der Waals surface area (Å²) in [6.45, 7) is 13.8. The molecule has 2 saturated carbocycles. The molecule has 2 aliphatic carbocycles. The van der Waals surface area contributed by atoms with E-state index in [0.717, 1.165) is 24.2 Å². The molecule has 2 fully saturated rings. The molecule has 0 aromatic heterocycles. The lowest BCUT2D eigenvalue weighted by Gasteiger charge is -2.43. The zero-order valence-corrected chi connectivity index (χ0v) is 14.3. The lowest BCUT2D eigenvalue weighted by atomic mass is 9.64. The van der Waals surface area contributed by atoms with Crippen LogP contribution in [0.3, 0.4) is 0 Å². The highest BCUT2D eigenvalue weighted by Crippen LogP contribution is 2.64. The first-order valence-corrected chi connectivity index (χ1v) is 8.59. The Balaban J connectivity index is 2.18. The van der Waals surface area contributed by atoms with Crippen molar-refractivity contribution in [2.45, 2.75) is 72.8 Å². The van der Waals surface area contributed by atoms with Crippen LogP contribution in [0, 0.1) is 35.0 Å². The molecule has 1 N–H and O–H groups in total. The first-order valence-electron chi connectivity index (χ1n) is 8.59. The molecule has 2 aliphatic rings. The fourth-order valence-corrected chi connectivity index (χ4v) is 5.43. The fraction of sp³-hybridized carbons (Fsp3) is 0.895. The van der Waals surface area contributed by atoms with Crippen LogP contribution in [0.2, 0.25) is 0 Å². The van der Waals surface area contributed by atoms with Crippen molar-refractivity contribution >= 4 is 0 Å². The second-order valence-electron chi connectivity index (χ2n) is 8.47. The maximum absolute atomic E-state index is 11.1. The average Bonchev–Trinajstić information content (AvgIpc) is 2.76. The molecule has 0 aromatic rings. The van der Waals surface area contributed by atoms with Gasteiger partial charge >= 0.3 is 0 Å². The van der Waals surface area contributed by atoms with Gasteiger partial charge in [0.25, 0.3) is 0 Å². The Morgan fingerprint density at radius 3 is 2.55 bits per heavy atom. The number of rotatable bonds is 4. The maximum atomic E-state index is 11.1. The quantitative estimate of drug-likeness (QED) is 0.714. The standard InChI is InChI=1S/C19H34O/c1-13(2)8-7-11-18(5,20)17-10-9-16-14(3)12-15(4)19(16,17)6/h7,11,13-17,20H,8-10,12H2,1-6H3/b11-7+/t14?,15?,16-,17+,18?,19-/m0/s1. The van der Waals surface area contributed by atoms with Gasteiger partial charge in [-0.05, 0) is 67.6 Å². The van der Waals surface area contributed by atoms with Gasteiger partial charge in [0.05, 0.1) is 5.60 Å². The Morgan fingerprint density at radius 1 is 1.30 bits per heavy atom. The number of aliphatic hydroxyl groups is 1. The first-order chi connectivity index (χ1) is 9.19. The molecule has 0 bridgehead atoms. The molecule has 1 heteroatoms. The van der Waals surface area contributed by atoms with Crippen molar-refractivity contribution in [2.24, 2.45) is 35.0 Å². The van der Waals surface area contributed by atoms with E-state index in [1.165, 1.54) is 19.3 Å². The van der Waals surface area contributed by atoms with Crippen molar-refractivity contribution in [3.8, 4) is 0 Å². The lowest BCUT2D eigenvalue weighted by Crippen LogP contribution is -2.43. The Kier molecular flexibility index (Phi) is 4.40. The number of hydrogen-bond acceptors (Lipinski definition) is 1. The van der Waals surface area contributed by atoms with Crippen molar-refractivity contribution in [3.05, 3.63) is 12.2 Å². The van der Waals surface area contributed by atoms with E-state index in [0.29, 0.717) is 17.3 Å². The second kappa shape index (κ2) is 5.48. The van der Waals surface area contributed by atoms with Gasteiger partial charge in [-0.15, -0.1) is 0 Å². The predicted molar refractivity (Wildman–Crippen MR) is 86.5 cm³/mol. The SMILES string of the molecule is CC(C)C/C=C/C(C)(O)[C@H]1CC[C@H]2C(C)CC(C)[C@]12C. The third-order valence-electron chi connectivity index (χ3n) is 6.56. The highest BCUT2D eigenvalue weighted by Gasteiger charge is 2.59. The Labute approximate surface area is 125 Å². The van der Waals surface area contributed by atoms with Crippen LogP contribution in [-0.4, -0.2) is 10.7 Å². The molecule has 3 unspecified atom stereocenters. The minimum Gasteiger partial charge on any atom is -0.386 e. The van der Waals surface area contributed by atoms with E-state index in [2.05, 4.69) is 46.8 Å². The molecule has 0 aliphatic heterocycles. The monoisotopic (exact) mass is 278 g/mol. The van der Waals surface area contributed by atoms with Crippen LogP contribution in [0.15, 0.2) is 12.2 Å². The van der Waals surface area contributed by atoms with Crippen molar-refractivity contribution in [1.82, 2.24) is 0 Å². The first kappa shape index (κ1) is 16.1. The van der Waals surface area contributed by atoms with Gasteiger partial charge in [0.2, 0.25) is 0 Å². The summed E-state index contributed by atoms with van der Waals surface area (Å²) >= 11 is 0. The minimum atomic E-state index is -0.642. The molecule has 1 nitrogen and oxygen atoms in total. The molecule has 0 radical (unpaired) electrons. The summed E-state index contributed by atoms with van der Waals surface area (Å²) in [6, 6.07) is 0. The van der Waals surface area contributed by atoms with Gasteiger partial charge in [0.1, 0.15) is 0 Å². The van der Waals surface area contributed by atoms with Gasteiger partial charge in [0.15, 0.2) is 0 Å². The average molecular weight is 278 g/mol. The van der Waals surface area contributed by atoms with Gasteiger partial charge in [-0.2, -0.15) is 0 Å². The summed E-state index contributed by atoms with van der Waals surface area (Å²) in [5.74, 6) is 3.46. The molecular weight excluding hydrogens is 244 g/mol. The number of allylic oxidation sites excluding steroid dienone is 1. The minimum absolute atomic E-state index is 0.324. The van der Waals surface area contributed by atoms with E-state index in [1.54, 1.807) is 0 Å². The molecule has 6 atom stereocenters. The van der Waals surface area contributed by atoms with Crippen LogP contribution in [0.1, 0.15) is 67.2 Å². The molecule has 20 heavy (non-hydrogen) atoms. The van der Waals surface area contributed by atoms with Crippen LogP contribution in [0.5, 0.6) is 0 Å². The van der Waals surface area contributed by atoms with Crippen LogP contribution < -0.4 is 0 Å². The van der Waals surface area contributed by atoms with Gasteiger partial charge in [0, 0.05) is 0 Å². The van der Waals surface area contributed by atoms with Crippen molar-refractivity contribution in [1.29, 1.82) is 0 Å². The molecule has 0 saturated heterocycles. The summed E-state index contributed by atoms with van der Waals surface area (Å²) in [4.78, 5) is 0. The summed E-state index contributed by atoms with van der Waals surface area (Å²) in [5, 5.41) is 11.1. The lowest BCUT2D eigenvalue weighted by molar-refractivity contribution is -0.0298. The normalized spacial score (nSPS) is 44.2. The summed E-state index contributed by atoms with van der Waals surface area (Å²) < 4.78 is 0. The van der Waals surface area contributed by atoms with Crippen LogP contribution in [-0.2, 0) is 0 Å². The predicted octanol–water partition coefficient (Wildman–Crippen LogP) is 5.05. The summed E-state index contributed by atoms with van der Waals surface area (Å²) in [5.41, 5.74) is -0.318. The summed E-state index contributed by atoms with van der Waals surface area (Å²) in [6.07, 6.45) is 9.19. The number of hydrogen-bond donors (Lipinski definition) is 1. The highest BCUT2D eigenvalue weighted by atomic mass is 16.3. The van der Waals surface area contributed by atoms with Crippen LogP contribution in [0.4, 0.5) is 0 Å². The zero-order valence-electron chi connectivity index (χ0n) is 14.3. The molecule has 0 amide bonds. The van der Waals surface area contributed by atoms with Crippen LogP contribution >= 0.6 is 0 Å². The van der Waals surface area contributed by atoms with Crippen molar-refractivity contribution in [2.75, 3.05) is 0 Å². The topological polar surface area (TPSA) is 20.2 Å². The van der Waals surface area contributed by atoms with Crippen LogP contribution in [0.25, 0.3) is 0 Å². The molecule has 0 aromatic carbocycles. The van der Waals surface area contributed by atoms with E-state index < -0.39 is 5.60 Å². The smallest absolute Gasteiger partial charge is 0.0833 e. The fourth-order valence-electron chi connectivity index (χ4n) is 5.43. The molecule has 116 valence electrons. The molecule has 0 spiro atoms. The van der Waals surface area contributed by atoms with Crippen molar-refractivity contribution < 1.29 is 5.11 Å². The van der Waals surface area contributed by atoms with Gasteiger partial charge in [-0.1, -0.05) is 46.8 Å². The zero-order chi connectivity index (χ0) is 15.1. The van der Waals surface area contributed by atoms with Gasteiger partial charge < -0.3 is 5.11 Å². The maximum Gasteiger partial charge on any atom is 0.0833 e. The second-order valence-corrected chi connectivity index (χ2v) is 8.47. The van der Waals surface area contributed by atoms with E-state index in [1.807, 2.05) is 6.92 Å². The molecule has 2 rings (SSSR count).